The molecule has 0 aromatic carbocycles. The molecule has 0 fully saturated rings. The van der Waals surface area contributed by atoms with Crippen LogP contribution in [0.15, 0.2) is 0 Å². The molecule has 67 heteroatoms. The van der Waals surface area contributed by atoms with Crippen LogP contribution < -0.4 is 0 Å². The van der Waals surface area contributed by atoms with Crippen molar-refractivity contribution in [2.24, 2.45) is 0 Å². The third-order valence-electron chi connectivity index (χ3n) is 12.7. The van der Waals surface area contributed by atoms with Crippen molar-refractivity contribution in [2.45, 2.75) is 0 Å². The summed E-state index contributed by atoms with van der Waals surface area (Å²) in [6.07, 6.45) is -31.6. The summed E-state index contributed by atoms with van der Waals surface area (Å²) in [6.45, 7) is 0. The Labute approximate surface area is 470 Å². The molecule has 0 aliphatic rings. The van der Waals surface area contributed by atoms with E-state index in [0.717, 1.165) is 0 Å². The van der Waals surface area contributed by atoms with Gasteiger partial charge in [-0.25, -0.2) is 0 Å². The summed E-state index contributed by atoms with van der Waals surface area (Å²) >= 11 is 0. The summed E-state index contributed by atoms with van der Waals surface area (Å²) in [7, 11) is 194. The first-order chi connectivity index (χ1) is 30.5. The van der Waals surface area contributed by atoms with Crippen LogP contribution in [-0.4, -0.2) is 474 Å². The van der Waals surface area contributed by atoms with Gasteiger partial charge < -0.3 is 0 Å². The van der Waals surface area contributed by atoms with Gasteiger partial charge in [0, 0.05) is 0 Å². The van der Waals surface area contributed by atoms with Crippen LogP contribution in [0, 0.1) is 0 Å². The van der Waals surface area contributed by atoms with Crippen molar-refractivity contribution in [1.29, 1.82) is 0 Å². The Hall–Kier alpha value is 4.35. The van der Waals surface area contributed by atoms with Gasteiger partial charge in [-0.15, -0.1) is 43.7 Å². The molecule has 0 rings (SSSR count). The van der Waals surface area contributed by atoms with E-state index in [4.69, 9.17) is 217 Å². The highest BCUT2D eigenvalue weighted by molar-refractivity contribution is 8.39. The quantitative estimate of drug-likeness (QED) is 0.0602. The van der Waals surface area contributed by atoms with E-state index in [9.17, 15) is 0 Å². The summed E-state index contributed by atoms with van der Waals surface area (Å²) in [4.78, 5) is 0. The van der Waals surface area contributed by atoms with Gasteiger partial charge in [-0.1, -0.05) is 15.5 Å². The fourth-order valence-electron chi connectivity index (χ4n) is 10.5. The van der Waals surface area contributed by atoms with Crippen LogP contribution in [0.3, 0.4) is 0 Å². The lowest BCUT2D eigenvalue weighted by Gasteiger charge is -2.61. The van der Waals surface area contributed by atoms with Gasteiger partial charge in [0.05, 0.1) is 0 Å². The Kier molecular flexibility index (Phi) is 35.1. The monoisotopic (exact) mass is 756 g/mol. The molecule has 0 unspecified atom stereocenters. The van der Waals surface area contributed by atoms with Crippen molar-refractivity contribution in [3.05, 3.63) is 0 Å². The summed E-state index contributed by atoms with van der Waals surface area (Å²) in [5, 5.41) is 0. The van der Waals surface area contributed by atoms with Crippen molar-refractivity contribution < 1.29 is 0 Å². The van der Waals surface area contributed by atoms with Crippen molar-refractivity contribution in [3.8, 4) is 0 Å². The van der Waals surface area contributed by atoms with E-state index in [2.05, 4.69) is 7.06 Å². The zero-order valence-corrected chi connectivity index (χ0v) is 35.2. The number of hydrogen-bond acceptors (Lipinski definition) is 0. The third kappa shape index (κ3) is 19.3. The Morgan fingerprint density at radius 1 is 0.194 bits per heavy atom. The summed E-state index contributed by atoms with van der Waals surface area (Å²) < 4.78 is 0. The topological polar surface area (TPSA) is 0 Å². The van der Waals surface area contributed by atoms with Crippen LogP contribution in [0.5, 0.6) is 0 Å². The first-order valence-electron chi connectivity index (χ1n) is 20.0. The van der Waals surface area contributed by atoms with Crippen molar-refractivity contribution in [2.75, 3.05) is 0 Å². The Morgan fingerprint density at radius 2 is 0.343 bits per heavy atom. The molecule has 0 saturated carbocycles. The number of rotatable bonds is 32. The van der Waals surface area contributed by atoms with Crippen LogP contribution in [0.1, 0.15) is 0 Å². The second-order valence-electron chi connectivity index (χ2n) is 16.9. The average Bonchev–Trinajstić information content (AvgIpc) is 3.11. The third-order valence-corrected chi connectivity index (χ3v) is 12.7. The zero-order chi connectivity index (χ0) is 53.2. The molecule has 0 nitrogen and oxygen atoms in total. The fourth-order valence-corrected chi connectivity index (χ4v) is 10.5. The fraction of sp³-hybridized carbons (Fsp3) is 0. The lowest BCUT2D eigenvalue weighted by Crippen LogP contribution is -2.98. The van der Waals surface area contributed by atoms with Crippen LogP contribution in [0.25, 0.3) is 0 Å². The minimum absolute atomic E-state index is 0.167. The van der Waals surface area contributed by atoms with Gasteiger partial charge in [-0.05, 0) is 395 Å². The van der Waals surface area contributed by atoms with E-state index < -0.39 is 201 Å². The Bertz CT molecular complexity index is 1080. The molecule has 0 atom stereocenters. The van der Waals surface area contributed by atoms with Gasteiger partial charge in [0.25, 0.3) is 0 Å². The highest BCUT2D eigenvalue weighted by Crippen LogP contribution is 2.25. The SMILES string of the molecule is [B]B([B])B(B([B])[B])B(B(B([B])[B])B([B])[B])B(B(B(B([B])[B])B([B])[B])B(B([B])[B])B([B])[BH3-])B(B(B(B([B])[B])B([B])[B])B(B([B])[B])B([B])[B])B(B(B([B])[B])B([B])[B])B(B([B])[B][BH3-])B(B([BH3-])[BH3-])B([BH3-])[BH3-]. The number of hydrogen-bond donors (Lipinski definition) is 0. The molecule has 0 heterocycles. The average molecular weight is 743 g/mol. The first-order valence-corrected chi connectivity index (χ1v) is 20.0. The maximum absolute atomic E-state index is 7.61. The van der Waals surface area contributed by atoms with E-state index >= 15 is 0 Å². The largest absolute Gasteiger partial charge is 0.267 e. The normalized spacial score (nSPS) is 9.82. The smallest absolute Gasteiger partial charge is 0.000000000000000427 e. The Morgan fingerprint density at radius 3 is 0.478 bits per heavy atom. The van der Waals surface area contributed by atoms with Gasteiger partial charge in [-0.3, -0.25) is 12.8 Å². The highest BCUT2D eigenvalue weighted by Gasteiger charge is 2.63. The van der Waals surface area contributed by atoms with Crippen LogP contribution in [0.2, 0.25) is 0 Å². The van der Waals surface area contributed by atoms with E-state index in [1.807, 2.05) is 0 Å². The molecule has 0 spiro atoms. The van der Waals surface area contributed by atoms with Gasteiger partial charge in [0.1, 0.15) is 0 Å². The minimum atomic E-state index is -1.34. The summed E-state index contributed by atoms with van der Waals surface area (Å²) in [6, 6.07) is 0. The molecule has 0 aliphatic heterocycles. The van der Waals surface area contributed by atoms with Crippen LogP contribution in [-0.2, 0) is 0 Å². The molecule has 0 amide bonds. The molecule has 0 aromatic rings. The molecule has 225 valence electrons. The molecule has 0 aliphatic carbocycles. The van der Waals surface area contributed by atoms with E-state index in [0.29, 0.717) is 12.8 Å². The standard InChI is InChI=1S/B67H18/c1-35-52(34)61(53(36(2)3)37(4)5)65(60(50(30)31)51(32)33)67(64(58(46(22)23)47(24)25)59(48(26)27)49(28)29)66(62(54(38(6)7)39(8)9)55(40(10)11)41(12)13)63(56(42(14)15)43(16)17)57(44(18)19)45(20)21/h1-6H3/q-6. The van der Waals surface area contributed by atoms with Gasteiger partial charge >= 0.3 is 0 Å². The lowest BCUT2D eigenvalue weighted by atomic mass is 8.22. The van der Waals surface area contributed by atoms with Crippen molar-refractivity contribution in [1.82, 2.24) is 0 Å². The highest BCUT2D eigenvalue weighted by atomic mass is 13.4. The predicted octanol–water partition coefficient (Wildman–Crippen LogP) is -30.3. The van der Waals surface area contributed by atoms with Gasteiger partial charge in [0.2, 0.25) is 0 Å². The van der Waals surface area contributed by atoms with Gasteiger partial charge in [-0.2, -0.15) is 7.06 Å². The lowest BCUT2D eigenvalue weighted by molar-refractivity contribution is 3.16. The maximum Gasteiger partial charge on any atom is -0.000000000000000427 e. The molecule has 0 aromatic heterocycles. The molecule has 57 radical (unpaired) electrons. The maximum atomic E-state index is 7.61. The van der Waals surface area contributed by atoms with E-state index in [1.165, 1.54) is 0 Å². The molecular formula is H18B67-6. The summed E-state index contributed by atoms with van der Waals surface area (Å²) in [5.41, 5.74) is 0. The Balaban J connectivity index is 11.4. The van der Waals surface area contributed by atoms with Gasteiger partial charge in [0.15, 0.2) is 0 Å². The second kappa shape index (κ2) is 32.9. The van der Waals surface area contributed by atoms with E-state index in [1.54, 1.807) is 0 Å². The van der Waals surface area contributed by atoms with Crippen molar-refractivity contribution >= 4 is 474 Å². The van der Waals surface area contributed by atoms with E-state index in [-0.39, 0.29) is 37.3 Å². The zero-order valence-electron chi connectivity index (χ0n) is 35.2. The minimum Gasteiger partial charge on any atom is -0.267 e. The van der Waals surface area contributed by atoms with Crippen LogP contribution >= 0.6 is 0 Å². The summed E-state index contributed by atoms with van der Waals surface area (Å²) in [5.74, 6) is 0. The molecule has 0 N–H and O–H groups in total. The van der Waals surface area contributed by atoms with Crippen LogP contribution in [0.4, 0.5) is 0 Å². The first kappa shape index (κ1) is 71.4. The molecular weight excluding hydrogens is 724 g/mol. The second-order valence-corrected chi connectivity index (χ2v) is 16.9. The predicted molar refractivity (Wildman–Crippen MR) is 411 cm³/mol. The van der Waals surface area contributed by atoms with Crippen molar-refractivity contribution in [3.63, 3.8) is 0 Å². The molecule has 0 saturated heterocycles. The molecule has 67 heavy (non-hydrogen) atoms. The molecule has 0 bridgehead atoms.